The van der Waals surface area contributed by atoms with Gasteiger partial charge in [0.25, 0.3) is 0 Å². The van der Waals surface area contributed by atoms with Crippen LogP contribution >= 0.6 is 35.3 Å². The van der Waals surface area contributed by atoms with E-state index in [0.29, 0.717) is 0 Å². The van der Waals surface area contributed by atoms with E-state index < -0.39 is 0 Å². The van der Waals surface area contributed by atoms with Crippen molar-refractivity contribution in [1.29, 1.82) is 0 Å². The molecular weight excluding hydrogens is 407 g/mol. The molecule has 0 bridgehead atoms. The van der Waals surface area contributed by atoms with Crippen LogP contribution in [0.25, 0.3) is 0 Å². The highest BCUT2D eigenvalue weighted by Crippen LogP contribution is 2.15. The third-order valence-electron chi connectivity index (χ3n) is 3.91. The molecule has 1 aliphatic rings. The summed E-state index contributed by atoms with van der Waals surface area (Å²) in [4.78, 5) is 8.49. The molecule has 1 fully saturated rings. The van der Waals surface area contributed by atoms with Gasteiger partial charge in [0.05, 0.1) is 6.54 Å². The van der Waals surface area contributed by atoms with E-state index in [0.717, 1.165) is 38.1 Å². The zero-order valence-corrected chi connectivity index (χ0v) is 16.8. The van der Waals surface area contributed by atoms with Gasteiger partial charge >= 0.3 is 0 Å². The second kappa shape index (κ2) is 11.2. The number of thiophene rings is 1. The number of aliphatic imine (C=N–C) groups is 1. The first-order valence-electron chi connectivity index (χ1n) is 8.05. The Morgan fingerprint density at radius 3 is 2.77 bits per heavy atom. The van der Waals surface area contributed by atoms with E-state index in [1.807, 2.05) is 0 Å². The Balaban J connectivity index is 0.00000242. The number of likely N-dealkylation sites (tertiary alicyclic amines) is 1. The zero-order valence-electron chi connectivity index (χ0n) is 13.7. The third kappa shape index (κ3) is 7.28. The first kappa shape index (κ1) is 19.7. The van der Waals surface area contributed by atoms with Crippen LogP contribution in [0.3, 0.4) is 0 Å². The fraction of sp³-hybridized carbons (Fsp3) is 0.688. The number of hydrogen-bond donors (Lipinski definition) is 2. The Hall–Kier alpha value is -0.340. The smallest absolute Gasteiger partial charge is 0.191 e. The lowest BCUT2D eigenvalue weighted by molar-refractivity contribution is 0.195. The molecule has 1 aromatic rings. The fourth-order valence-corrected chi connectivity index (χ4v) is 3.15. The summed E-state index contributed by atoms with van der Waals surface area (Å²) in [6.07, 6.45) is 2.68. The van der Waals surface area contributed by atoms with Crippen molar-refractivity contribution in [3.8, 4) is 0 Å². The van der Waals surface area contributed by atoms with Gasteiger partial charge < -0.3 is 15.5 Å². The van der Waals surface area contributed by atoms with Crippen molar-refractivity contribution in [3.05, 3.63) is 22.4 Å². The van der Waals surface area contributed by atoms with Crippen LogP contribution in [0.5, 0.6) is 0 Å². The Kier molecular flexibility index (Phi) is 10.1. The van der Waals surface area contributed by atoms with Crippen molar-refractivity contribution in [1.82, 2.24) is 15.5 Å². The van der Waals surface area contributed by atoms with Crippen LogP contribution in [0.1, 0.15) is 31.6 Å². The van der Waals surface area contributed by atoms with Gasteiger partial charge in [-0.05, 0) is 50.2 Å². The fourth-order valence-electron chi connectivity index (χ4n) is 2.52. The van der Waals surface area contributed by atoms with Crippen molar-refractivity contribution >= 4 is 41.3 Å². The summed E-state index contributed by atoms with van der Waals surface area (Å²) in [5.74, 6) is 1.83. The van der Waals surface area contributed by atoms with E-state index in [2.05, 4.69) is 51.9 Å². The maximum absolute atomic E-state index is 4.64. The number of nitrogens with zero attached hydrogens (tertiary/aromatic N) is 2. The lowest BCUT2D eigenvalue weighted by Crippen LogP contribution is -2.43. The van der Waals surface area contributed by atoms with E-state index in [1.54, 1.807) is 11.3 Å². The highest BCUT2D eigenvalue weighted by atomic mass is 127. The minimum absolute atomic E-state index is 0. The molecule has 0 atom stereocenters. The minimum Gasteiger partial charge on any atom is -0.357 e. The van der Waals surface area contributed by atoms with E-state index in [1.165, 1.54) is 30.8 Å². The average Bonchev–Trinajstić information content (AvgIpc) is 3.00. The van der Waals surface area contributed by atoms with Gasteiger partial charge in [-0.2, -0.15) is 0 Å². The molecule has 4 nitrogen and oxygen atoms in total. The van der Waals surface area contributed by atoms with Crippen molar-refractivity contribution in [2.75, 3.05) is 32.7 Å². The van der Waals surface area contributed by atoms with Gasteiger partial charge in [0.2, 0.25) is 0 Å². The normalized spacial score (nSPS) is 17.1. The molecule has 2 rings (SSSR count). The Morgan fingerprint density at radius 1 is 1.36 bits per heavy atom. The number of halogens is 1. The van der Waals surface area contributed by atoms with Crippen molar-refractivity contribution in [2.45, 2.75) is 33.2 Å². The summed E-state index contributed by atoms with van der Waals surface area (Å²) in [6.45, 7) is 10.7. The summed E-state index contributed by atoms with van der Waals surface area (Å²) in [5.41, 5.74) is 0. The van der Waals surface area contributed by atoms with Crippen LogP contribution in [-0.4, -0.2) is 43.6 Å². The molecule has 2 heterocycles. The molecular formula is C16H29IN4S. The molecule has 0 unspecified atom stereocenters. The first-order chi connectivity index (χ1) is 10.3. The summed E-state index contributed by atoms with van der Waals surface area (Å²) in [5, 5.41) is 8.86. The van der Waals surface area contributed by atoms with Crippen molar-refractivity contribution in [3.63, 3.8) is 0 Å². The third-order valence-corrected chi connectivity index (χ3v) is 4.78. The van der Waals surface area contributed by atoms with E-state index in [9.17, 15) is 0 Å². The molecule has 0 spiro atoms. The van der Waals surface area contributed by atoms with Gasteiger partial charge in [0.15, 0.2) is 5.96 Å². The largest absolute Gasteiger partial charge is 0.357 e. The molecule has 2 N–H and O–H groups in total. The highest BCUT2D eigenvalue weighted by molar-refractivity contribution is 14.0. The lowest BCUT2D eigenvalue weighted by atomic mass is 9.99. The number of hydrogen-bond acceptors (Lipinski definition) is 3. The molecule has 6 heteroatoms. The SMILES string of the molecule is CCNC(=NCc1cccs1)NCCN1CCC(C)CC1.I. The Labute approximate surface area is 155 Å². The van der Waals surface area contributed by atoms with Gasteiger partial charge in [-0.25, -0.2) is 4.99 Å². The van der Waals surface area contributed by atoms with Crippen molar-refractivity contribution in [2.24, 2.45) is 10.9 Å². The molecule has 0 aliphatic carbocycles. The quantitative estimate of drug-likeness (QED) is 0.409. The van der Waals surface area contributed by atoms with Crippen LogP contribution < -0.4 is 10.6 Å². The topological polar surface area (TPSA) is 39.7 Å². The standard InChI is InChI=1S/C16H28N4S.HI/c1-3-17-16(19-13-15-5-4-12-21-15)18-8-11-20-9-6-14(2)7-10-20;/h4-5,12,14H,3,6-11,13H2,1-2H3,(H2,17,18,19);1H. The van der Waals surface area contributed by atoms with E-state index in [-0.39, 0.29) is 24.0 Å². The van der Waals surface area contributed by atoms with Crippen molar-refractivity contribution < 1.29 is 0 Å². The van der Waals surface area contributed by atoms with Crippen LogP contribution in [0.4, 0.5) is 0 Å². The summed E-state index contributed by atoms with van der Waals surface area (Å²) >= 11 is 1.76. The maximum atomic E-state index is 4.64. The molecule has 1 aliphatic heterocycles. The minimum atomic E-state index is 0. The molecule has 22 heavy (non-hydrogen) atoms. The molecule has 0 radical (unpaired) electrons. The van der Waals surface area contributed by atoms with Gasteiger partial charge in [-0.1, -0.05) is 13.0 Å². The van der Waals surface area contributed by atoms with E-state index >= 15 is 0 Å². The van der Waals surface area contributed by atoms with Crippen LogP contribution in [0.2, 0.25) is 0 Å². The number of rotatable bonds is 6. The van der Waals surface area contributed by atoms with Gasteiger partial charge in [0.1, 0.15) is 0 Å². The molecule has 0 aromatic carbocycles. The predicted molar refractivity (Wildman–Crippen MR) is 107 cm³/mol. The Morgan fingerprint density at radius 2 is 2.14 bits per heavy atom. The average molecular weight is 436 g/mol. The highest BCUT2D eigenvalue weighted by Gasteiger charge is 2.14. The summed E-state index contributed by atoms with van der Waals surface area (Å²) in [7, 11) is 0. The number of guanidine groups is 1. The molecule has 0 amide bonds. The monoisotopic (exact) mass is 436 g/mol. The molecule has 1 saturated heterocycles. The maximum Gasteiger partial charge on any atom is 0.191 e. The van der Waals surface area contributed by atoms with Gasteiger partial charge in [0, 0.05) is 24.5 Å². The predicted octanol–water partition coefficient (Wildman–Crippen LogP) is 3.15. The van der Waals surface area contributed by atoms with Gasteiger partial charge in [-0.3, -0.25) is 0 Å². The van der Waals surface area contributed by atoms with Crippen LogP contribution in [0, 0.1) is 5.92 Å². The Bertz CT molecular complexity index is 414. The van der Waals surface area contributed by atoms with Gasteiger partial charge in [-0.15, -0.1) is 35.3 Å². The zero-order chi connectivity index (χ0) is 14.9. The van der Waals surface area contributed by atoms with Crippen LogP contribution in [0.15, 0.2) is 22.5 Å². The molecule has 1 aromatic heterocycles. The summed E-state index contributed by atoms with van der Waals surface area (Å²) in [6, 6.07) is 4.21. The number of nitrogens with one attached hydrogen (secondary N) is 2. The van der Waals surface area contributed by atoms with E-state index in [4.69, 9.17) is 0 Å². The van der Waals surface area contributed by atoms with Crippen LogP contribution in [-0.2, 0) is 6.54 Å². The molecule has 126 valence electrons. The first-order valence-corrected chi connectivity index (χ1v) is 8.92. The second-order valence-electron chi connectivity index (χ2n) is 5.73. The second-order valence-corrected chi connectivity index (χ2v) is 6.76. The molecule has 0 saturated carbocycles. The number of piperidine rings is 1. The lowest BCUT2D eigenvalue weighted by Gasteiger charge is -2.30. The summed E-state index contributed by atoms with van der Waals surface area (Å²) < 4.78 is 0.